The van der Waals surface area contributed by atoms with E-state index in [4.69, 9.17) is 16.3 Å². The molecule has 1 aliphatic heterocycles. The molecule has 4 rings (SSSR count). The number of nitrogens with zero attached hydrogens (tertiary/aromatic N) is 4. The molecule has 2 heterocycles. The van der Waals surface area contributed by atoms with Gasteiger partial charge in [-0.15, -0.1) is 0 Å². The summed E-state index contributed by atoms with van der Waals surface area (Å²) in [5.41, 5.74) is 2.07. The second-order valence-electron chi connectivity index (χ2n) is 10.5. The number of ether oxygens (including phenoxy) is 1. The molecule has 1 aliphatic rings. The fraction of sp³-hybridized carbons (Fsp3) is 0.480. The third-order valence-corrected chi connectivity index (χ3v) is 10.9. The third kappa shape index (κ3) is 6.97. The number of rotatable bonds is 10. The van der Waals surface area contributed by atoms with Crippen molar-refractivity contribution in [2.24, 2.45) is 0 Å². The van der Waals surface area contributed by atoms with Gasteiger partial charge in [-0.05, 0) is 58.2 Å². The predicted octanol–water partition coefficient (Wildman–Crippen LogP) is 5.31. The van der Waals surface area contributed by atoms with E-state index in [1.54, 1.807) is 27.3 Å². The Bertz CT molecular complexity index is 1290. The maximum absolute atomic E-state index is 13.4. The standard InChI is InChI=1S/C25H34BrClN4O3SSi/c1-36(2,3)15-14-34-19-31-25-21(18-28-31)16-23(17-24(25)26)35(32,33)30-12-10-29(11-13-30)9-8-20-4-6-22(27)7-5-20/h4-7,16-18H,8-15,19H2,1-3H3. The summed E-state index contributed by atoms with van der Waals surface area (Å²) in [5, 5.41) is 5.95. The second-order valence-corrected chi connectivity index (χ2v) is 19.3. The van der Waals surface area contributed by atoms with Gasteiger partial charge in [-0.3, -0.25) is 0 Å². The van der Waals surface area contributed by atoms with Crippen molar-refractivity contribution in [3.8, 4) is 0 Å². The molecule has 0 saturated carbocycles. The molecule has 0 bridgehead atoms. The smallest absolute Gasteiger partial charge is 0.243 e. The van der Waals surface area contributed by atoms with Crippen LogP contribution < -0.4 is 0 Å². The Morgan fingerprint density at radius 2 is 1.78 bits per heavy atom. The summed E-state index contributed by atoms with van der Waals surface area (Å²) in [6.45, 7) is 11.3. The molecule has 1 saturated heterocycles. The predicted molar refractivity (Wildman–Crippen MR) is 152 cm³/mol. The summed E-state index contributed by atoms with van der Waals surface area (Å²) in [5.74, 6) is 0. The lowest BCUT2D eigenvalue weighted by Crippen LogP contribution is -2.49. The van der Waals surface area contributed by atoms with Crippen LogP contribution in [0.5, 0.6) is 0 Å². The summed E-state index contributed by atoms with van der Waals surface area (Å²) in [6.07, 6.45) is 2.62. The monoisotopic (exact) mass is 612 g/mol. The van der Waals surface area contributed by atoms with Gasteiger partial charge in [0.2, 0.25) is 10.0 Å². The fourth-order valence-corrected chi connectivity index (χ4v) is 7.41. The van der Waals surface area contributed by atoms with Crippen LogP contribution in [0.15, 0.2) is 52.0 Å². The van der Waals surface area contributed by atoms with Crippen LogP contribution in [-0.2, 0) is 27.9 Å². The highest BCUT2D eigenvalue weighted by atomic mass is 79.9. The molecule has 1 aromatic heterocycles. The molecule has 0 N–H and O–H groups in total. The van der Waals surface area contributed by atoms with Crippen LogP contribution in [0.1, 0.15) is 5.56 Å². The molecular formula is C25H34BrClN4O3SSi. The highest BCUT2D eigenvalue weighted by Gasteiger charge is 2.29. The van der Waals surface area contributed by atoms with E-state index in [1.165, 1.54) is 5.56 Å². The number of aromatic nitrogens is 2. The Balaban J connectivity index is 1.37. The van der Waals surface area contributed by atoms with E-state index in [2.05, 4.69) is 45.6 Å². The van der Waals surface area contributed by atoms with Crippen LogP contribution in [0, 0.1) is 0 Å². The van der Waals surface area contributed by atoms with Crippen LogP contribution >= 0.6 is 27.5 Å². The summed E-state index contributed by atoms with van der Waals surface area (Å²) in [7, 11) is -4.76. The van der Waals surface area contributed by atoms with E-state index >= 15 is 0 Å². The normalized spacial score (nSPS) is 16.1. The molecule has 7 nitrogen and oxygen atoms in total. The van der Waals surface area contributed by atoms with Crippen molar-refractivity contribution < 1.29 is 13.2 Å². The molecule has 0 amide bonds. The highest BCUT2D eigenvalue weighted by Crippen LogP contribution is 2.30. The summed E-state index contributed by atoms with van der Waals surface area (Å²) in [6, 6.07) is 12.4. The molecule has 0 radical (unpaired) electrons. The van der Waals surface area contributed by atoms with Crippen molar-refractivity contribution in [1.29, 1.82) is 0 Å². The minimum atomic E-state index is -3.60. The van der Waals surface area contributed by atoms with E-state index < -0.39 is 18.1 Å². The van der Waals surface area contributed by atoms with E-state index in [0.717, 1.165) is 34.9 Å². The van der Waals surface area contributed by atoms with Crippen LogP contribution in [0.3, 0.4) is 0 Å². The first-order valence-corrected chi connectivity index (χ1v) is 18.5. The lowest BCUT2D eigenvalue weighted by Gasteiger charge is -2.34. The van der Waals surface area contributed by atoms with Crippen molar-refractivity contribution in [2.45, 2.75) is 43.7 Å². The van der Waals surface area contributed by atoms with Crippen LogP contribution in [0.25, 0.3) is 10.9 Å². The van der Waals surface area contributed by atoms with Gasteiger partial charge in [0.25, 0.3) is 0 Å². The van der Waals surface area contributed by atoms with Gasteiger partial charge in [-0.1, -0.05) is 43.4 Å². The van der Waals surface area contributed by atoms with Crippen molar-refractivity contribution in [1.82, 2.24) is 19.0 Å². The fourth-order valence-electron chi connectivity index (χ4n) is 4.21. The Kier molecular flexibility index (Phi) is 8.97. The second kappa shape index (κ2) is 11.6. The van der Waals surface area contributed by atoms with Crippen molar-refractivity contribution in [3.05, 3.63) is 57.7 Å². The molecule has 0 atom stereocenters. The zero-order valence-electron chi connectivity index (χ0n) is 21.1. The summed E-state index contributed by atoms with van der Waals surface area (Å²) < 4.78 is 36.8. The first-order chi connectivity index (χ1) is 17.0. The number of fused-ring (bicyclic) bond motifs is 1. The third-order valence-electron chi connectivity index (χ3n) is 6.47. The molecule has 0 spiro atoms. The maximum atomic E-state index is 13.4. The minimum Gasteiger partial charge on any atom is -0.360 e. The highest BCUT2D eigenvalue weighted by molar-refractivity contribution is 9.10. The molecule has 3 aromatic rings. The Labute approximate surface area is 228 Å². The van der Waals surface area contributed by atoms with Gasteiger partial charge in [0.05, 0.1) is 16.6 Å². The van der Waals surface area contributed by atoms with Gasteiger partial charge in [0.15, 0.2) is 0 Å². The lowest BCUT2D eigenvalue weighted by atomic mass is 10.1. The number of hydrogen-bond donors (Lipinski definition) is 0. The van der Waals surface area contributed by atoms with E-state index in [0.29, 0.717) is 44.0 Å². The van der Waals surface area contributed by atoms with E-state index in [1.807, 2.05) is 24.3 Å². The molecule has 1 fully saturated rings. The van der Waals surface area contributed by atoms with Crippen LogP contribution in [0.2, 0.25) is 30.7 Å². The minimum absolute atomic E-state index is 0.288. The number of halogens is 2. The van der Waals surface area contributed by atoms with E-state index in [9.17, 15) is 8.42 Å². The first kappa shape index (κ1) is 27.8. The van der Waals surface area contributed by atoms with Crippen molar-refractivity contribution >= 4 is 56.5 Å². The largest absolute Gasteiger partial charge is 0.360 e. The quantitative estimate of drug-likeness (QED) is 0.229. The summed E-state index contributed by atoms with van der Waals surface area (Å²) in [4.78, 5) is 2.60. The average molecular weight is 614 g/mol. The van der Waals surface area contributed by atoms with Gasteiger partial charge in [-0.25, -0.2) is 13.1 Å². The van der Waals surface area contributed by atoms with Crippen LogP contribution in [0.4, 0.5) is 0 Å². The van der Waals surface area contributed by atoms with Gasteiger partial charge in [0.1, 0.15) is 6.73 Å². The molecule has 0 aliphatic carbocycles. The molecule has 36 heavy (non-hydrogen) atoms. The SMILES string of the molecule is C[Si](C)(C)CCOCn1ncc2cc(S(=O)(=O)N3CCN(CCc4ccc(Cl)cc4)CC3)cc(Br)c21. The number of sulfonamides is 1. The Morgan fingerprint density at radius 3 is 2.44 bits per heavy atom. The molecule has 11 heteroatoms. The van der Waals surface area contributed by atoms with Gasteiger partial charge < -0.3 is 9.64 Å². The van der Waals surface area contributed by atoms with Crippen LogP contribution in [-0.4, -0.2) is 74.8 Å². The van der Waals surface area contributed by atoms with Crippen molar-refractivity contribution in [2.75, 3.05) is 39.3 Å². The lowest BCUT2D eigenvalue weighted by molar-refractivity contribution is 0.0816. The van der Waals surface area contributed by atoms with E-state index in [-0.39, 0.29) is 4.90 Å². The number of benzene rings is 2. The summed E-state index contributed by atoms with van der Waals surface area (Å²) >= 11 is 9.55. The van der Waals surface area contributed by atoms with Gasteiger partial charge in [0, 0.05) is 62.3 Å². The zero-order valence-corrected chi connectivity index (χ0v) is 25.2. The maximum Gasteiger partial charge on any atom is 0.243 e. The topological polar surface area (TPSA) is 67.7 Å². The first-order valence-electron chi connectivity index (χ1n) is 12.2. The van der Waals surface area contributed by atoms with Crippen molar-refractivity contribution in [3.63, 3.8) is 0 Å². The average Bonchev–Trinajstić information content (AvgIpc) is 3.25. The Hall–Kier alpha value is -1.27. The number of piperazine rings is 1. The molecular weight excluding hydrogens is 580 g/mol. The van der Waals surface area contributed by atoms with Gasteiger partial charge >= 0.3 is 0 Å². The molecule has 196 valence electrons. The zero-order chi connectivity index (χ0) is 25.9. The van der Waals surface area contributed by atoms with Gasteiger partial charge in [-0.2, -0.15) is 9.40 Å². The Morgan fingerprint density at radius 1 is 1.08 bits per heavy atom. The number of hydrogen-bond acceptors (Lipinski definition) is 5. The molecule has 2 aromatic carbocycles. The molecule has 0 unspecified atom stereocenters.